The summed E-state index contributed by atoms with van der Waals surface area (Å²) in [5, 5.41) is 0. The van der Waals surface area contributed by atoms with E-state index in [9.17, 15) is 0 Å². The molecule has 0 heterocycles. The molecule has 0 saturated carbocycles. The average molecular weight is 661 g/mol. The third-order valence-electron chi connectivity index (χ3n) is 9.38. The number of rotatable bonds is 15. The molecule has 0 aliphatic carbocycles. The Kier molecular flexibility index (Phi) is 11.3. The summed E-state index contributed by atoms with van der Waals surface area (Å²) in [5.74, 6) is 0. The lowest BCUT2D eigenvalue weighted by Gasteiger charge is -2.41. The summed E-state index contributed by atoms with van der Waals surface area (Å²) in [6.07, 6.45) is 1.99. The van der Waals surface area contributed by atoms with Crippen LogP contribution in [0.1, 0.15) is 54.2 Å². The summed E-state index contributed by atoms with van der Waals surface area (Å²) in [5.41, 5.74) is 4.62. The van der Waals surface area contributed by atoms with Gasteiger partial charge >= 0.3 is 15.1 Å². The molecule has 3 atom stereocenters. The molecule has 0 saturated heterocycles. The van der Waals surface area contributed by atoms with Crippen molar-refractivity contribution in [2.75, 3.05) is 0 Å². The molecular formula is C45H45AlO3. The van der Waals surface area contributed by atoms with E-state index in [0.29, 0.717) is 19.3 Å². The van der Waals surface area contributed by atoms with Gasteiger partial charge in [-0.25, -0.2) is 0 Å². The summed E-state index contributed by atoms with van der Waals surface area (Å²) in [6, 6.07) is 63.1. The Balaban J connectivity index is 1.46. The summed E-state index contributed by atoms with van der Waals surface area (Å²) in [7, 11) is 0. The van der Waals surface area contributed by atoms with Crippen molar-refractivity contribution in [3.8, 4) is 0 Å². The Hall–Kier alpha value is -4.27. The topological polar surface area (TPSA) is 27.7 Å². The van der Waals surface area contributed by atoms with Gasteiger partial charge in [0.2, 0.25) is 0 Å². The maximum atomic E-state index is 7.43. The molecule has 0 amide bonds. The highest BCUT2D eigenvalue weighted by molar-refractivity contribution is 6.37. The second-order valence-electron chi connectivity index (χ2n) is 13.4. The lowest BCUT2D eigenvalue weighted by Crippen LogP contribution is -2.48. The Morgan fingerprint density at radius 2 is 0.531 bits per heavy atom. The highest BCUT2D eigenvalue weighted by Gasteiger charge is 2.50. The van der Waals surface area contributed by atoms with Crippen molar-refractivity contribution in [1.29, 1.82) is 0 Å². The van der Waals surface area contributed by atoms with Gasteiger partial charge in [-0.2, -0.15) is 0 Å². The monoisotopic (exact) mass is 660 g/mol. The van der Waals surface area contributed by atoms with Crippen LogP contribution in [0.2, 0.25) is 0 Å². The molecule has 246 valence electrons. The minimum absolute atomic E-state index is 0.662. The number of hydrogen-bond donors (Lipinski definition) is 0. The van der Waals surface area contributed by atoms with E-state index >= 15 is 0 Å². The molecule has 0 spiro atoms. The van der Waals surface area contributed by atoms with Crippen molar-refractivity contribution in [2.45, 2.75) is 56.8 Å². The van der Waals surface area contributed by atoms with Crippen LogP contribution in [0.3, 0.4) is 0 Å². The molecule has 0 aliphatic rings. The lowest BCUT2D eigenvalue weighted by atomic mass is 9.89. The molecule has 0 bridgehead atoms. The molecule has 0 radical (unpaired) electrons. The van der Waals surface area contributed by atoms with E-state index in [0.717, 1.165) is 16.7 Å². The molecule has 6 rings (SSSR count). The maximum absolute atomic E-state index is 7.43. The van der Waals surface area contributed by atoms with Gasteiger partial charge in [0.25, 0.3) is 0 Å². The Bertz CT molecular complexity index is 1620. The van der Waals surface area contributed by atoms with Crippen molar-refractivity contribution < 1.29 is 11.4 Å². The minimum atomic E-state index is -3.04. The Morgan fingerprint density at radius 1 is 0.327 bits per heavy atom. The van der Waals surface area contributed by atoms with Crippen molar-refractivity contribution in [1.82, 2.24) is 0 Å². The van der Waals surface area contributed by atoms with E-state index < -0.39 is 32.0 Å². The van der Waals surface area contributed by atoms with Crippen molar-refractivity contribution in [3.05, 3.63) is 215 Å². The van der Waals surface area contributed by atoms with Gasteiger partial charge in [0, 0.05) is 19.3 Å². The second-order valence-corrected chi connectivity index (χ2v) is 14.7. The highest BCUT2D eigenvalue weighted by atomic mass is 27.3. The average Bonchev–Trinajstić information content (AvgIpc) is 3.14. The fraction of sp³-hybridized carbons (Fsp3) is 0.200. The van der Waals surface area contributed by atoms with Crippen LogP contribution in [0.4, 0.5) is 0 Å². The molecule has 3 unspecified atom stereocenters. The zero-order valence-electron chi connectivity index (χ0n) is 28.7. The third-order valence-corrected chi connectivity index (χ3v) is 11.5. The van der Waals surface area contributed by atoms with Gasteiger partial charge in [-0.05, 0) is 54.2 Å². The van der Waals surface area contributed by atoms with Crippen LogP contribution < -0.4 is 0 Å². The SMILES string of the molecule is CC(Cc1ccccc1)([O][Al]([O]C(C)(Cc1ccccc1)c1ccccc1)[O]C(C)(Cc1ccccc1)c1ccccc1)c1ccccc1. The van der Waals surface area contributed by atoms with E-state index in [1.807, 2.05) is 18.2 Å². The standard InChI is InChI=1S/3C15H15O.Al/c3*1-15(16,14-10-6-3-7-11-14)12-13-8-4-2-5-9-13;/h3*2-11H,12H2,1H3;/q3*-1;+3. The van der Waals surface area contributed by atoms with Crippen LogP contribution in [0.15, 0.2) is 182 Å². The van der Waals surface area contributed by atoms with Gasteiger partial charge in [0.1, 0.15) is 0 Å². The fourth-order valence-corrected chi connectivity index (χ4v) is 8.75. The van der Waals surface area contributed by atoms with Gasteiger partial charge in [0.15, 0.2) is 0 Å². The van der Waals surface area contributed by atoms with Gasteiger partial charge < -0.3 is 11.4 Å². The van der Waals surface area contributed by atoms with E-state index in [-0.39, 0.29) is 0 Å². The molecule has 0 aromatic heterocycles. The molecule has 49 heavy (non-hydrogen) atoms. The highest BCUT2D eigenvalue weighted by Crippen LogP contribution is 2.39. The van der Waals surface area contributed by atoms with Crippen molar-refractivity contribution in [2.24, 2.45) is 0 Å². The van der Waals surface area contributed by atoms with E-state index in [1.54, 1.807) is 0 Å². The summed E-state index contributed by atoms with van der Waals surface area (Å²) < 4.78 is 22.3. The van der Waals surface area contributed by atoms with Crippen LogP contribution in [0, 0.1) is 0 Å². The van der Waals surface area contributed by atoms with Gasteiger partial charge in [-0.15, -0.1) is 0 Å². The molecule has 0 N–H and O–H groups in total. The van der Waals surface area contributed by atoms with Crippen LogP contribution in [0.25, 0.3) is 0 Å². The lowest BCUT2D eigenvalue weighted by molar-refractivity contribution is -0.0846. The molecule has 0 aliphatic heterocycles. The Labute approximate surface area is 297 Å². The first kappa shape index (κ1) is 34.6. The van der Waals surface area contributed by atoms with Crippen molar-refractivity contribution in [3.63, 3.8) is 0 Å². The minimum Gasteiger partial charge on any atom is -0.445 e. The van der Waals surface area contributed by atoms with Crippen LogP contribution in [0.5, 0.6) is 0 Å². The predicted molar refractivity (Wildman–Crippen MR) is 201 cm³/mol. The summed E-state index contributed by atoms with van der Waals surface area (Å²) in [6.45, 7) is 6.53. The quantitative estimate of drug-likeness (QED) is 0.103. The maximum Gasteiger partial charge on any atom is 0.907 e. The summed E-state index contributed by atoms with van der Waals surface area (Å²) in [4.78, 5) is 0. The predicted octanol–water partition coefficient (Wildman–Crippen LogP) is 10.5. The molecule has 6 aromatic carbocycles. The summed E-state index contributed by atoms with van der Waals surface area (Å²) >= 11 is -3.04. The third kappa shape index (κ3) is 9.05. The Morgan fingerprint density at radius 3 is 0.755 bits per heavy atom. The second kappa shape index (κ2) is 16.0. The first-order chi connectivity index (χ1) is 23.8. The van der Waals surface area contributed by atoms with Crippen molar-refractivity contribution >= 4 is 15.1 Å². The zero-order valence-corrected chi connectivity index (χ0v) is 29.9. The van der Waals surface area contributed by atoms with E-state index in [4.69, 9.17) is 11.4 Å². The fourth-order valence-electron chi connectivity index (χ4n) is 6.67. The first-order valence-electron chi connectivity index (χ1n) is 17.2. The molecule has 0 fully saturated rings. The van der Waals surface area contributed by atoms with Gasteiger partial charge in [-0.3, -0.25) is 0 Å². The number of benzene rings is 6. The normalized spacial score (nSPS) is 15.0. The largest absolute Gasteiger partial charge is 0.907 e. The number of hydrogen-bond acceptors (Lipinski definition) is 3. The van der Waals surface area contributed by atoms with Gasteiger partial charge in [0.05, 0.1) is 16.8 Å². The van der Waals surface area contributed by atoms with E-state index in [1.165, 1.54) is 16.7 Å². The van der Waals surface area contributed by atoms with Crippen LogP contribution in [-0.4, -0.2) is 15.1 Å². The smallest absolute Gasteiger partial charge is 0.445 e. The molecule has 6 aromatic rings. The van der Waals surface area contributed by atoms with E-state index in [2.05, 4.69) is 185 Å². The molecule has 3 nitrogen and oxygen atoms in total. The molecule has 4 heteroatoms. The first-order valence-corrected chi connectivity index (χ1v) is 18.6. The van der Waals surface area contributed by atoms with Gasteiger partial charge in [-0.1, -0.05) is 182 Å². The van der Waals surface area contributed by atoms with Crippen LogP contribution >= 0.6 is 0 Å². The zero-order chi connectivity index (χ0) is 34.0. The molecular weight excluding hydrogens is 615 g/mol. The van der Waals surface area contributed by atoms with Crippen LogP contribution in [-0.2, 0) is 47.4 Å².